The Balaban J connectivity index is 1.79. The molecule has 0 spiro atoms. The first-order valence-electron chi connectivity index (χ1n) is 8.61. The van der Waals surface area contributed by atoms with Crippen molar-refractivity contribution in [3.8, 4) is 5.69 Å². The Morgan fingerprint density at radius 2 is 1.89 bits per heavy atom. The summed E-state index contributed by atoms with van der Waals surface area (Å²) in [5.74, 6) is -0.0112. The molecule has 1 amide bonds. The summed E-state index contributed by atoms with van der Waals surface area (Å²) in [6, 6.07) is 8.82. The number of likely N-dealkylation sites (N-methyl/N-ethyl adjacent to an activating group) is 1. The molecule has 0 bridgehead atoms. The second-order valence-corrected chi connectivity index (χ2v) is 7.80. The predicted molar refractivity (Wildman–Crippen MR) is 112 cm³/mol. The SMILES string of the molecule is Cc1nn(-c2ccc(Cl)cc2Cl)c(C)c1CC(=O)N(C)Cc1ccc(Cl)nc1. The Hall–Kier alpha value is -2.08. The molecule has 2 heterocycles. The quantitative estimate of drug-likeness (QED) is 0.525. The number of aryl methyl sites for hydroxylation is 1. The molecular weight excluding hydrogens is 419 g/mol. The predicted octanol–water partition coefficient (Wildman–Crippen LogP) is 5.05. The first-order valence-corrected chi connectivity index (χ1v) is 9.74. The number of benzene rings is 1. The van der Waals surface area contributed by atoms with E-state index in [9.17, 15) is 4.79 Å². The molecule has 0 aliphatic rings. The van der Waals surface area contributed by atoms with Crippen LogP contribution in [0.15, 0.2) is 36.5 Å². The lowest BCUT2D eigenvalue weighted by Crippen LogP contribution is -2.28. The third-order valence-corrected chi connectivity index (χ3v) is 5.30. The number of carbonyl (C=O) groups is 1. The van der Waals surface area contributed by atoms with E-state index in [0.717, 1.165) is 28.2 Å². The summed E-state index contributed by atoms with van der Waals surface area (Å²) in [5.41, 5.74) is 4.19. The van der Waals surface area contributed by atoms with Crippen molar-refractivity contribution >= 4 is 40.7 Å². The van der Waals surface area contributed by atoms with E-state index < -0.39 is 0 Å². The monoisotopic (exact) mass is 436 g/mol. The zero-order valence-corrected chi connectivity index (χ0v) is 18.0. The number of hydrogen-bond acceptors (Lipinski definition) is 3. The number of pyridine rings is 1. The van der Waals surface area contributed by atoms with Crippen molar-refractivity contribution in [1.82, 2.24) is 19.7 Å². The summed E-state index contributed by atoms with van der Waals surface area (Å²) >= 11 is 18.1. The van der Waals surface area contributed by atoms with E-state index in [1.165, 1.54) is 0 Å². The average Bonchev–Trinajstić information content (AvgIpc) is 2.91. The van der Waals surface area contributed by atoms with Crippen LogP contribution in [0.5, 0.6) is 0 Å². The van der Waals surface area contributed by atoms with Gasteiger partial charge < -0.3 is 4.90 Å². The minimum atomic E-state index is -0.0112. The van der Waals surface area contributed by atoms with E-state index >= 15 is 0 Å². The Labute approximate surface area is 178 Å². The third kappa shape index (κ3) is 4.49. The Bertz CT molecular complexity index is 1020. The van der Waals surface area contributed by atoms with Crippen LogP contribution in [0.2, 0.25) is 15.2 Å². The zero-order valence-electron chi connectivity index (χ0n) is 15.7. The molecule has 0 radical (unpaired) electrons. The number of nitrogens with zero attached hydrogens (tertiary/aromatic N) is 4. The average molecular weight is 438 g/mol. The summed E-state index contributed by atoms with van der Waals surface area (Å²) < 4.78 is 1.75. The fraction of sp³-hybridized carbons (Fsp3) is 0.250. The molecule has 0 N–H and O–H groups in total. The van der Waals surface area contributed by atoms with Gasteiger partial charge in [-0.2, -0.15) is 5.10 Å². The van der Waals surface area contributed by atoms with Crippen LogP contribution >= 0.6 is 34.8 Å². The largest absolute Gasteiger partial charge is 0.341 e. The van der Waals surface area contributed by atoms with E-state index in [-0.39, 0.29) is 12.3 Å². The van der Waals surface area contributed by atoms with Crippen LogP contribution in [0.25, 0.3) is 5.69 Å². The molecule has 0 saturated carbocycles. The van der Waals surface area contributed by atoms with Gasteiger partial charge in [0.15, 0.2) is 0 Å². The highest BCUT2D eigenvalue weighted by atomic mass is 35.5. The topological polar surface area (TPSA) is 51.0 Å². The highest BCUT2D eigenvalue weighted by molar-refractivity contribution is 6.35. The van der Waals surface area contributed by atoms with E-state index in [1.807, 2.05) is 26.0 Å². The van der Waals surface area contributed by atoms with Crippen LogP contribution in [0.3, 0.4) is 0 Å². The van der Waals surface area contributed by atoms with Crippen molar-refractivity contribution in [2.24, 2.45) is 0 Å². The molecule has 0 aliphatic carbocycles. The Kier molecular flexibility index (Phi) is 6.28. The molecule has 0 saturated heterocycles. The molecule has 5 nitrogen and oxygen atoms in total. The van der Waals surface area contributed by atoms with Gasteiger partial charge in [-0.05, 0) is 43.7 Å². The summed E-state index contributed by atoms with van der Waals surface area (Å²) in [6.45, 7) is 4.27. The van der Waals surface area contributed by atoms with Crippen molar-refractivity contribution in [3.63, 3.8) is 0 Å². The molecular formula is C20H19Cl3N4O. The van der Waals surface area contributed by atoms with Crippen LogP contribution < -0.4 is 0 Å². The van der Waals surface area contributed by atoms with Gasteiger partial charge >= 0.3 is 0 Å². The van der Waals surface area contributed by atoms with Crippen LogP contribution in [0, 0.1) is 13.8 Å². The number of amides is 1. The molecule has 146 valence electrons. The maximum absolute atomic E-state index is 12.7. The van der Waals surface area contributed by atoms with Gasteiger partial charge in [-0.1, -0.05) is 40.9 Å². The number of hydrogen-bond donors (Lipinski definition) is 0. The molecule has 3 aromatic rings. The van der Waals surface area contributed by atoms with Crippen molar-refractivity contribution < 1.29 is 4.79 Å². The Morgan fingerprint density at radius 3 is 2.54 bits per heavy atom. The first-order chi connectivity index (χ1) is 13.3. The second-order valence-electron chi connectivity index (χ2n) is 6.57. The Morgan fingerprint density at radius 1 is 1.14 bits per heavy atom. The summed E-state index contributed by atoms with van der Waals surface area (Å²) in [6.07, 6.45) is 1.92. The van der Waals surface area contributed by atoms with Gasteiger partial charge in [0.25, 0.3) is 0 Å². The molecule has 0 aliphatic heterocycles. The van der Waals surface area contributed by atoms with Gasteiger partial charge in [-0.3, -0.25) is 4.79 Å². The van der Waals surface area contributed by atoms with Crippen molar-refractivity contribution in [2.75, 3.05) is 7.05 Å². The fourth-order valence-corrected chi connectivity index (χ4v) is 3.57. The van der Waals surface area contributed by atoms with Crippen LogP contribution in [-0.2, 0) is 17.8 Å². The lowest BCUT2D eigenvalue weighted by atomic mass is 10.1. The highest BCUT2D eigenvalue weighted by Crippen LogP contribution is 2.27. The van der Waals surface area contributed by atoms with Crippen LogP contribution in [0.4, 0.5) is 0 Å². The number of carbonyl (C=O) groups excluding carboxylic acids is 1. The van der Waals surface area contributed by atoms with E-state index in [2.05, 4.69) is 10.1 Å². The zero-order chi connectivity index (χ0) is 20.4. The third-order valence-electron chi connectivity index (χ3n) is 4.54. The summed E-state index contributed by atoms with van der Waals surface area (Å²) in [4.78, 5) is 18.5. The lowest BCUT2D eigenvalue weighted by Gasteiger charge is -2.17. The van der Waals surface area contributed by atoms with Gasteiger partial charge in [0, 0.05) is 36.1 Å². The summed E-state index contributed by atoms with van der Waals surface area (Å²) in [7, 11) is 1.77. The molecule has 8 heteroatoms. The fourth-order valence-electron chi connectivity index (χ4n) is 2.97. The standard InChI is InChI=1S/C20H19Cl3N4O/c1-12-16(9-20(28)26(3)11-14-4-7-19(23)24-10-14)13(2)27(25-12)18-6-5-15(21)8-17(18)22/h4-8,10H,9,11H2,1-3H3. The minimum Gasteiger partial charge on any atom is -0.341 e. The van der Waals surface area contributed by atoms with Gasteiger partial charge in [0.05, 0.1) is 22.8 Å². The van der Waals surface area contributed by atoms with Gasteiger partial charge in [0.2, 0.25) is 5.91 Å². The van der Waals surface area contributed by atoms with E-state index in [4.69, 9.17) is 34.8 Å². The summed E-state index contributed by atoms with van der Waals surface area (Å²) in [5, 5.41) is 6.06. The van der Waals surface area contributed by atoms with E-state index in [1.54, 1.807) is 41.0 Å². The van der Waals surface area contributed by atoms with Gasteiger partial charge in [-0.25, -0.2) is 9.67 Å². The molecule has 1 aromatic carbocycles. The van der Waals surface area contributed by atoms with Gasteiger partial charge in [-0.15, -0.1) is 0 Å². The van der Waals surface area contributed by atoms with Crippen LogP contribution in [-0.4, -0.2) is 32.6 Å². The molecule has 2 aromatic heterocycles. The molecule has 0 unspecified atom stereocenters. The maximum atomic E-state index is 12.7. The first kappa shape index (κ1) is 20.6. The maximum Gasteiger partial charge on any atom is 0.227 e. The number of aromatic nitrogens is 3. The minimum absolute atomic E-state index is 0.0112. The highest BCUT2D eigenvalue weighted by Gasteiger charge is 2.19. The molecule has 3 rings (SSSR count). The molecule has 0 fully saturated rings. The molecule has 28 heavy (non-hydrogen) atoms. The van der Waals surface area contributed by atoms with Crippen molar-refractivity contribution in [2.45, 2.75) is 26.8 Å². The van der Waals surface area contributed by atoms with E-state index in [0.29, 0.717) is 21.7 Å². The lowest BCUT2D eigenvalue weighted by molar-refractivity contribution is -0.129. The van der Waals surface area contributed by atoms with Gasteiger partial charge in [0.1, 0.15) is 5.15 Å². The second kappa shape index (κ2) is 8.52. The smallest absolute Gasteiger partial charge is 0.227 e. The van der Waals surface area contributed by atoms with Crippen molar-refractivity contribution in [1.29, 1.82) is 0 Å². The number of halogens is 3. The van der Waals surface area contributed by atoms with Crippen molar-refractivity contribution in [3.05, 3.63) is 74.2 Å². The van der Waals surface area contributed by atoms with Crippen LogP contribution in [0.1, 0.15) is 22.5 Å². The number of rotatable bonds is 5. The molecule has 0 atom stereocenters. The normalized spacial score (nSPS) is 10.9.